The Bertz CT molecular complexity index is 1300. The van der Waals surface area contributed by atoms with Gasteiger partial charge in [-0.25, -0.2) is 9.67 Å². The number of nitrogens with one attached hydrogen (secondary N) is 1. The van der Waals surface area contributed by atoms with Gasteiger partial charge in [0.2, 0.25) is 5.95 Å². The van der Waals surface area contributed by atoms with Crippen molar-refractivity contribution < 1.29 is 0 Å². The number of rotatable bonds is 6. The largest absolute Gasteiger partial charge is 0.383 e. The summed E-state index contributed by atoms with van der Waals surface area (Å²) in [6, 6.07) is 25.9. The van der Waals surface area contributed by atoms with Crippen molar-refractivity contribution in [2.24, 2.45) is 0 Å². The lowest BCUT2D eigenvalue weighted by atomic mass is 10.1. The van der Waals surface area contributed by atoms with Gasteiger partial charge in [0.05, 0.1) is 29.9 Å². The van der Waals surface area contributed by atoms with Gasteiger partial charge in [-0.2, -0.15) is 4.98 Å². The molecule has 3 aromatic heterocycles. The van der Waals surface area contributed by atoms with Crippen LogP contribution in [0.4, 0.5) is 11.8 Å². The van der Waals surface area contributed by atoms with E-state index in [9.17, 15) is 0 Å². The lowest BCUT2D eigenvalue weighted by Gasteiger charge is -2.08. The number of anilines is 2. The second-order valence-electron chi connectivity index (χ2n) is 7.16. The van der Waals surface area contributed by atoms with Crippen molar-refractivity contribution in [3.05, 3.63) is 96.3 Å². The number of pyridine rings is 1. The fraction of sp³-hybridized carbons (Fsp3) is 0.0833. The van der Waals surface area contributed by atoms with E-state index >= 15 is 0 Å². The Labute approximate surface area is 179 Å². The molecule has 0 bridgehead atoms. The van der Waals surface area contributed by atoms with Crippen LogP contribution in [0.5, 0.6) is 0 Å². The minimum absolute atomic E-state index is 0.487. The Hall–Kier alpha value is -4.26. The second kappa shape index (κ2) is 8.23. The Morgan fingerprint density at radius 1 is 0.839 bits per heavy atom. The molecule has 5 aromatic rings. The van der Waals surface area contributed by atoms with Crippen molar-refractivity contribution in [1.82, 2.24) is 24.7 Å². The molecule has 31 heavy (non-hydrogen) atoms. The van der Waals surface area contributed by atoms with Crippen LogP contribution in [0.15, 0.2) is 85.1 Å². The molecule has 3 heterocycles. The predicted molar refractivity (Wildman–Crippen MR) is 122 cm³/mol. The minimum atomic E-state index is 0.487. The summed E-state index contributed by atoms with van der Waals surface area (Å²) in [7, 11) is 0. The highest BCUT2D eigenvalue weighted by atomic mass is 15.3. The van der Waals surface area contributed by atoms with E-state index in [0.717, 1.165) is 27.9 Å². The number of hydrogen-bond donors (Lipinski definition) is 2. The first kappa shape index (κ1) is 18.7. The van der Waals surface area contributed by atoms with E-state index in [2.05, 4.69) is 27.4 Å². The molecular formula is C24H21N7. The molecule has 0 saturated heterocycles. The first-order valence-electron chi connectivity index (χ1n) is 10.0. The number of nitrogens with zero attached hydrogens (tertiary/aromatic N) is 5. The average molecular weight is 407 g/mol. The Kier molecular flexibility index (Phi) is 4.98. The number of fused-ring (bicyclic) bond motifs is 1. The fourth-order valence-corrected chi connectivity index (χ4v) is 3.49. The van der Waals surface area contributed by atoms with Gasteiger partial charge in [-0.15, -0.1) is 5.10 Å². The van der Waals surface area contributed by atoms with Gasteiger partial charge < -0.3 is 11.1 Å². The molecular weight excluding hydrogens is 386 g/mol. The fourth-order valence-electron chi connectivity index (χ4n) is 3.49. The maximum atomic E-state index is 6.53. The van der Waals surface area contributed by atoms with Gasteiger partial charge in [-0.1, -0.05) is 66.7 Å². The summed E-state index contributed by atoms with van der Waals surface area (Å²) in [6.45, 7) is 1.08. The van der Waals surface area contributed by atoms with Crippen LogP contribution in [0.25, 0.3) is 22.3 Å². The van der Waals surface area contributed by atoms with E-state index in [0.29, 0.717) is 30.5 Å². The van der Waals surface area contributed by atoms with Gasteiger partial charge in [-0.3, -0.25) is 4.98 Å². The SMILES string of the molecule is Nc1c2c(-c3ccccc3)nc(NCc3ccccn3)nc2nn1Cc1ccccc1. The summed E-state index contributed by atoms with van der Waals surface area (Å²) in [6.07, 6.45) is 1.77. The van der Waals surface area contributed by atoms with E-state index in [1.807, 2.05) is 66.7 Å². The number of nitrogens with two attached hydrogens (primary N) is 1. The van der Waals surface area contributed by atoms with Gasteiger partial charge in [0.15, 0.2) is 5.65 Å². The predicted octanol–water partition coefficient (Wildman–Crippen LogP) is 4.13. The van der Waals surface area contributed by atoms with E-state index in [1.165, 1.54) is 0 Å². The summed E-state index contributed by atoms with van der Waals surface area (Å²) in [5.74, 6) is 1.04. The maximum Gasteiger partial charge on any atom is 0.225 e. The zero-order chi connectivity index (χ0) is 21.0. The zero-order valence-corrected chi connectivity index (χ0v) is 16.8. The molecule has 5 rings (SSSR count). The van der Waals surface area contributed by atoms with Crippen LogP contribution in [-0.2, 0) is 13.1 Å². The molecule has 7 nitrogen and oxygen atoms in total. The average Bonchev–Trinajstić information content (AvgIpc) is 3.14. The van der Waals surface area contributed by atoms with Crippen LogP contribution in [0.3, 0.4) is 0 Å². The lowest BCUT2D eigenvalue weighted by molar-refractivity contribution is 0.703. The van der Waals surface area contributed by atoms with E-state index in [4.69, 9.17) is 15.8 Å². The molecule has 0 radical (unpaired) electrons. The smallest absolute Gasteiger partial charge is 0.225 e. The Morgan fingerprint density at radius 2 is 1.58 bits per heavy atom. The van der Waals surface area contributed by atoms with Crippen LogP contribution in [0, 0.1) is 0 Å². The third kappa shape index (κ3) is 3.93. The van der Waals surface area contributed by atoms with Crippen molar-refractivity contribution in [2.45, 2.75) is 13.1 Å². The molecule has 0 atom stereocenters. The van der Waals surface area contributed by atoms with Crippen LogP contribution < -0.4 is 11.1 Å². The summed E-state index contributed by atoms with van der Waals surface area (Å²) < 4.78 is 1.78. The first-order chi connectivity index (χ1) is 15.3. The first-order valence-corrected chi connectivity index (χ1v) is 10.0. The van der Waals surface area contributed by atoms with Crippen molar-refractivity contribution in [3.63, 3.8) is 0 Å². The van der Waals surface area contributed by atoms with Gasteiger partial charge in [0.1, 0.15) is 5.82 Å². The van der Waals surface area contributed by atoms with Crippen molar-refractivity contribution >= 4 is 22.8 Å². The third-order valence-electron chi connectivity index (χ3n) is 5.02. The zero-order valence-electron chi connectivity index (χ0n) is 16.8. The maximum absolute atomic E-state index is 6.53. The van der Waals surface area contributed by atoms with E-state index < -0.39 is 0 Å². The van der Waals surface area contributed by atoms with Crippen molar-refractivity contribution in [2.75, 3.05) is 11.1 Å². The highest BCUT2D eigenvalue weighted by molar-refractivity contribution is 5.98. The number of aromatic nitrogens is 5. The normalized spacial score (nSPS) is 11.0. The summed E-state index contributed by atoms with van der Waals surface area (Å²) in [5.41, 5.74) is 10.8. The van der Waals surface area contributed by atoms with Crippen LogP contribution in [0.1, 0.15) is 11.3 Å². The lowest BCUT2D eigenvalue weighted by Crippen LogP contribution is -2.06. The monoisotopic (exact) mass is 407 g/mol. The quantitative estimate of drug-likeness (QED) is 0.439. The molecule has 0 aliphatic rings. The molecule has 0 fully saturated rings. The molecule has 0 spiro atoms. The summed E-state index contributed by atoms with van der Waals surface area (Å²) in [4.78, 5) is 13.8. The van der Waals surface area contributed by atoms with Crippen LogP contribution in [-0.4, -0.2) is 24.7 Å². The van der Waals surface area contributed by atoms with Crippen molar-refractivity contribution in [1.29, 1.82) is 0 Å². The molecule has 0 saturated carbocycles. The highest BCUT2D eigenvalue weighted by Gasteiger charge is 2.18. The number of hydrogen-bond acceptors (Lipinski definition) is 6. The van der Waals surface area contributed by atoms with E-state index in [-0.39, 0.29) is 0 Å². The number of nitrogen functional groups attached to an aromatic ring is 1. The molecule has 0 aliphatic carbocycles. The highest BCUT2D eigenvalue weighted by Crippen LogP contribution is 2.31. The Morgan fingerprint density at radius 3 is 2.32 bits per heavy atom. The molecule has 0 unspecified atom stereocenters. The van der Waals surface area contributed by atoms with Gasteiger partial charge >= 0.3 is 0 Å². The summed E-state index contributed by atoms with van der Waals surface area (Å²) >= 11 is 0. The number of benzene rings is 2. The summed E-state index contributed by atoms with van der Waals surface area (Å²) in [5, 5.41) is 8.72. The standard InChI is InChI=1S/C24H21N7/c25-22-20-21(18-11-5-2-6-12-18)28-24(27-15-19-13-7-8-14-26-19)29-23(20)30-31(22)16-17-9-3-1-4-10-17/h1-14H,15-16,25H2,(H,27,29,30). The van der Waals surface area contributed by atoms with E-state index in [1.54, 1.807) is 10.9 Å². The molecule has 7 heteroatoms. The van der Waals surface area contributed by atoms with Crippen LogP contribution >= 0.6 is 0 Å². The topological polar surface area (TPSA) is 94.5 Å². The minimum Gasteiger partial charge on any atom is -0.383 e. The third-order valence-corrected chi connectivity index (χ3v) is 5.02. The van der Waals surface area contributed by atoms with Gasteiger partial charge in [0.25, 0.3) is 0 Å². The second-order valence-corrected chi connectivity index (χ2v) is 7.16. The molecule has 152 valence electrons. The molecule has 2 aromatic carbocycles. The van der Waals surface area contributed by atoms with Crippen LogP contribution in [0.2, 0.25) is 0 Å². The molecule has 0 amide bonds. The molecule has 0 aliphatic heterocycles. The van der Waals surface area contributed by atoms with Gasteiger partial charge in [0, 0.05) is 11.8 Å². The Balaban J connectivity index is 1.58. The van der Waals surface area contributed by atoms with Gasteiger partial charge in [-0.05, 0) is 17.7 Å². The van der Waals surface area contributed by atoms with Crippen molar-refractivity contribution in [3.8, 4) is 11.3 Å². The molecule has 3 N–H and O–H groups in total.